The van der Waals surface area contributed by atoms with Crippen molar-refractivity contribution in [1.29, 1.82) is 0 Å². The van der Waals surface area contributed by atoms with Crippen LogP contribution in [0.2, 0.25) is 0 Å². The van der Waals surface area contributed by atoms with Gasteiger partial charge < -0.3 is 30.0 Å². The molecule has 68 heavy (non-hydrogen) atoms. The smallest absolute Gasteiger partial charge is 0.361 e. The third-order valence-corrected chi connectivity index (χ3v) is 14.0. The number of aryl methyl sites for hydroxylation is 1. The Morgan fingerprint density at radius 3 is 2.01 bits per heavy atom. The van der Waals surface area contributed by atoms with Crippen LogP contribution in [0, 0.1) is 6.92 Å². The Kier molecular flexibility index (Phi) is 9.30. The number of piperazine rings is 2. The fourth-order valence-corrected chi connectivity index (χ4v) is 10.2. The number of anilines is 2. The topological polar surface area (TPSA) is 167 Å². The largest absolute Gasteiger partial charge is 0.420 e. The number of hydrazine groups is 1. The lowest BCUT2D eigenvalue weighted by atomic mass is 9.95. The minimum atomic E-state index is -5.10. The maximum atomic E-state index is 15.7. The summed E-state index contributed by atoms with van der Waals surface area (Å²) >= 11 is 0. The van der Waals surface area contributed by atoms with E-state index in [4.69, 9.17) is 4.98 Å². The third-order valence-electron chi connectivity index (χ3n) is 14.0. The molecule has 3 fully saturated rings. The van der Waals surface area contributed by atoms with Crippen LogP contribution in [0.5, 0.6) is 0 Å². The van der Waals surface area contributed by atoms with Crippen molar-refractivity contribution in [3.05, 3.63) is 125 Å². The maximum absolute atomic E-state index is 15.7. The molecule has 18 heteroatoms. The number of aromatic amines is 2. The van der Waals surface area contributed by atoms with Crippen LogP contribution < -0.4 is 15.1 Å². The van der Waals surface area contributed by atoms with E-state index in [1.54, 1.807) is 53.6 Å². The average Bonchev–Trinajstić information content (AvgIpc) is 3.57. The molecule has 15 nitrogen and oxygen atoms in total. The quantitative estimate of drug-likeness (QED) is 0.156. The number of nitrogens with one attached hydrogen (secondary N) is 3. The second kappa shape index (κ2) is 15.2. The molecule has 12 rings (SSSR count). The number of benzene rings is 3. The predicted octanol–water partition coefficient (Wildman–Crippen LogP) is 6.18. The molecule has 4 aromatic heterocycles. The van der Waals surface area contributed by atoms with Gasteiger partial charge in [0.2, 0.25) is 5.95 Å². The van der Waals surface area contributed by atoms with Crippen LogP contribution in [-0.4, -0.2) is 122 Å². The Hall–Kier alpha value is -7.70. The standard InChI is InChI=1S/C50H42F3N11O4/c1-27-8-7-12-31-33(24-55-41(27)31)38-39(42-29-10-4-3-9-28(29)22-36(58-42)62-17-16-57-49(26-62)14-15-49)46(67)63(45(38)66)64-44(65)37(32-23-54-35-13-6-5-11-30(32)35)40(47(64)68)43-34(50(51,52)53)25-56-48(59-43)61-20-18-60(2)19-21-61/h3-13,22-25,54-55,57H,14-21,26H2,1-2H3. The van der Waals surface area contributed by atoms with Gasteiger partial charge in [0.15, 0.2) is 0 Å². The lowest BCUT2D eigenvalue weighted by molar-refractivity contribution is -0.168. The predicted molar refractivity (Wildman–Crippen MR) is 249 cm³/mol. The van der Waals surface area contributed by atoms with Gasteiger partial charge in [-0.1, -0.05) is 60.7 Å². The number of pyridine rings is 1. The number of rotatable bonds is 7. The van der Waals surface area contributed by atoms with Gasteiger partial charge in [0.1, 0.15) is 11.4 Å². The molecule has 0 bridgehead atoms. The second-order valence-electron chi connectivity index (χ2n) is 18.2. The highest BCUT2D eigenvalue weighted by Gasteiger charge is 2.55. The van der Waals surface area contributed by atoms with Gasteiger partial charge in [-0.3, -0.25) is 19.2 Å². The van der Waals surface area contributed by atoms with Gasteiger partial charge in [0.05, 0.1) is 33.7 Å². The minimum Gasteiger partial charge on any atom is -0.361 e. The first-order chi connectivity index (χ1) is 32.8. The molecule has 2 saturated heterocycles. The number of aromatic nitrogens is 5. The number of likely N-dealkylation sites (N-methyl/N-ethyl adjacent to an activating group) is 1. The van der Waals surface area contributed by atoms with E-state index in [-0.39, 0.29) is 33.9 Å². The lowest BCUT2D eigenvalue weighted by Gasteiger charge is -2.35. The molecule has 342 valence electrons. The van der Waals surface area contributed by atoms with Crippen LogP contribution in [-0.2, 0) is 25.4 Å². The second-order valence-corrected chi connectivity index (χ2v) is 18.2. The van der Waals surface area contributed by atoms with Crippen molar-refractivity contribution in [2.75, 3.05) is 62.7 Å². The van der Waals surface area contributed by atoms with Gasteiger partial charge in [-0.15, -0.1) is 0 Å². The molecule has 0 atom stereocenters. The number of hydrogen-bond donors (Lipinski definition) is 3. The van der Waals surface area contributed by atoms with Crippen molar-refractivity contribution in [1.82, 2.24) is 45.2 Å². The van der Waals surface area contributed by atoms with Crippen LogP contribution in [0.3, 0.4) is 0 Å². The van der Waals surface area contributed by atoms with Crippen molar-refractivity contribution in [2.45, 2.75) is 31.5 Å². The number of para-hydroxylation sites is 2. The number of carbonyl (C=O) groups excluding carboxylic acids is 4. The first-order valence-electron chi connectivity index (χ1n) is 22.5. The van der Waals surface area contributed by atoms with E-state index in [0.29, 0.717) is 101 Å². The number of carbonyl (C=O) groups is 4. The van der Waals surface area contributed by atoms with E-state index in [2.05, 4.69) is 35.1 Å². The molecular weight excluding hydrogens is 876 g/mol. The molecular formula is C50H42F3N11O4. The summed E-state index contributed by atoms with van der Waals surface area (Å²) in [6.45, 7) is 5.82. The Bertz CT molecular complexity index is 3410. The minimum absolute atomic E-state index is 0.0431. The summed E-state index contributed by atoms with van der Waals surface area (Å²) in [5.74, 6) is -4.13. The van der Waals surface area contributed by atoms with E-state index in [1.165, 1.54) is 6.20 Å². The van der Waals surface area contributed by atoms with Gasteiger partial charge in [-0.05, 0) is 49.9 Å². The summed E-state index contributed by atoms with van der Waals surface area (Å²) in [5, 5.41) is 6.72. The molecule has 7 aromatic rings. The highest BCUT2D eigenvalue weighted by Crippen LogP contribution is 2.48. The molecule has 5 aliphatic rings. The van der Waals surface area contributed by atoms with Crippen LogP contribution in [0.1, 0.15) is 46.5 Å². The Morgan fingerprint density at radius 1 is 0.662 bits per heavy atom. The van der Waals surface area contributed by atoms with Crippen molar-refractivity contribution in [3.8, 4) is 0 Å². The van der Waals surface area contributed by atoms with Crippen LogP contribution in [0.4, 0.5) is 24.9 Å². The summed E-state index contributed by atoms with van der Waals surface area (Å²) in [6, 6.07) is 21.6. The highest BCUT2D eigenvalue weighted by atomic mass is 19.4. The van der Waals surface area contributed by atoms with E-state index >= 15 is 32.3 Å². The summed E-state index contributed by atoms with van der Waals surface area (Å²) in [6.07, 6.45) is 0.558. The molecule has 1 spiro atoms. The molecule has 3 aromatic carbocycles. The summed E-state index contributed by atoms with van der Waals surface area (Å²) in [4.78, 5) is 88.1. The van der Waals surface area contributed by atoms with Gasteiger partial charge >= 0.3 is 6.18 Å². The number of halogens is 3. The van der Waals surface area contributed by atoms with Crippen LogP contribution >= 0.6 is 0 Å². The number of fused-ring (bicyclic) bond motifs is 3. The van der Waals surface area contributed by atoms with Crippen LogP contribution in [0.15, 0.2) is 91.4 Å². The third kappa shape index (κ3) is 6.45. The molecule has 1 saturated carbocycles. The van der Waals surface area contributed by atoms with Crippen LogP contribution in [0.25, 0.3) is 54.9 Å². The van der Waals surface area contributed by atoms with Gasteiger partial charge in [0.25, 0.3) is 23.6 Å². The fourth-order valence-electron chi connectivity index (χ4n) is 10.2. The maximum Gasteiger partial charge on any atom is 0.420 e. The molecule has 4 aliphatic heterocycles. The number of imide groups is 2. The molecule has 0 unspecified atom stereocenters. The van der Waals surface area contributed by atoms with Crippen molar-refractivity contribution in [3.63, 3.8) is 0 Å². The molecule has 8 heterocycles. The lowest BCUT2D eigenvalue weighted by Crippen LogP contribution is -2.52. The number of hydrogen-bond acceptors (Lipinski definition) is 11. The summed E-state index contributed by atoms with van der Waals surface area (Å²) in [7, 11) is 1.92. The zero-order chi connectivity index (χ0) is 46.8. The van der Waals surface area contributed by atoms with Crippen molar-refractivity contribution >= 4 is 90.3 Å². The number of amides is 4. The number of nitrogens with zero attached hydrogens (tertiary/aromatic N) is 8. The highest BCUT2D eigenvalue weighted by molar-refractivity contribution is 6.55. The Morgan fingerprint density at radius 2 is 1.29 bits per heavy atom. The van der Waals surface area contributed by atoms with Crippen molar-refractivity contribution < 1.29 is 32.3 Å². The molecule has 1 aliphatic carbocycles. The first kappa shape index (κ1) is 41.7. The normalized spacial score (nSPS) is 19.2. The van der Waals surface area contributed by atoms with E-state index in [1.807, 2.05) is 44.3 Å². The molecule has 3 N–H and O–H groups in total. The van der Waals surface area contributed by atoms with E-state index in [9.17, 15) is 0 Å². The Balaban J connectivity index is 1.06. The van der Waals surface area contributed by atoms with Gasteiger partial charge in [-0.2, -0.15) is 23.2 Å². The monoisotopic (exact) mass is 917 g/mol. The van der Waals surface area contributed by atoms with Crippen molar-refractivity contribution in [2.24, 2.45) is 0 Å². The Labute approximate surface area is 385 Å². The average molecular weight is 918 g/mol. The summed E-state index contributed by atoms with van der Waals surface area (Å²) in [5.41, 5.74) is -1.19. The van der Waals surface area contributed by atoms with E-state index in [0.717, 1.165) is 23.8 Å². The van der Waals surface area contributed by atoms with Gasteiger partial charge in [-0.25, -0.2) is 15.0 Å². The fraction of sp³-hybridized carbons (Fsp3) is 0.260. The summed E-state index contributed by atoms with van der Waals surface area (Å²) < 4.78 is 45.8. The molecule has 0 radical (unpaired) electrons. The SMILES string of the molecule is Cc1cccc2c(C3=C(c4nc(N5CCNC6(CC6)C5)cc5ccccc45)C(=O)N(N4C(=O)C(c5nc(N6CCN(C)CC6)ncc5C(F)(F)F)=C(c5c[nH]c6ccccc56)C4=O)C3=O)c[nH]c12. The van der Waals surface area contributed by atoms with Gasteiger partial charge in [0, 0.05) is 108 Å². The molecule has 4 amide bonds. The number of H-pyrrole nitrogens is 2. The number of alkyl halides is 3. The zero-order valence-electron chi connectivity index (χ0n) is 36.9. The zero-order valence-corrected chi connectivity index (χ0v) is 36.9. The first-order valence-corrected chi connectivity index (χ1v) is 22.5. The van der Waals surface area contributed by atoms with E-state index < -0.39 is 52.2 Å².